The highest BCUT2D eigenvalue weighted by Gasteiger charge is 2.32. The van der Waals surface area contributed by atoms with Gasteiger partial charge in [-0.1, -0.05) is 6.92 Å². The van der Waals surface area contributed by atoms with Crippen LogP contribution in [0.2, 0.25) is 0 Å². The summed E-state index contributed by atoms with van der Waals surface area (Å²) in [6, 6.07) is -0.271. The number of nitrogens with zero attached hydrogens (tertiary/aromatic N) is 1. The van der Waals surface area contributed by atoms with Crippen molar-refractivity contribution in [2.75, 3.05) is 20.1 Å². The Morgan fingerprint density at radius 3 is 2.82 bits per heavy atom. The normalized spacial score (nSPS) is 20.6. The van der Waals surface area contributed by atoms with E-state index in [0.29, 0.717) is 25.8 Å². The summed E-state index contributed by atoms with van der Waals surface area (Å²) in [5.41, 5.74) is 0. The lowest BCUT2D eigenvalue weighted by Gasteiger charge is -2.30. The highest BCUT2D eigenvalue weighted by molar-refractivity contribution is 6.01. The second kappa shape index (κ2) is 6.34. The minimum Gasteiger partial charge on any atom is -0.359 e. The first kappa shape index (κ1) is 13.6. The van der Waals surface area contributed by atoms with Crippen LogP contribution in [0.5, 0.6) is 0 Å². The van der Waals surface area contributed by atoms with Crippen LogP contribution in [0.15, 0.2) is 0 Å². The lowest BCUT2D eigenvalue weighted by molar-refractivity contribution is -0.149. The average molecular weight is 241 g/mol. The fraction of sp³-hybridized carbons (Fsp3) is 0.727. The van der Waals surface area contributed by atoms with Crippen LogP contribution < -0.4 is 10.6 Å². The molecule has 0 radical (unpaired) electrons. The molecule has 0 aromatic rings. The van der Waals surface area contributed by atoms with Crippen LogP contribution in [0, 0.1) is 0 Å². The van der Waals surface area contributed by atoms with Gasteiger partial charge in [-0.2, -0.15) is 0 Å². The van der Waals surface area contributed by atoms with E-state index in [4.69, 9.17) is 0 Å². The van der Waals surface area contributed by atoms with Crippen molar-refractivity contribution in [2.24, 2.45) is 0 Å². The van der Waals surface area contributed by atoms with Crippen LogP contribution >= 0.6 is 0 Å². The number of piperazine rings is 1. The molecule has 1 atom stereocenters. The zero-order chi connectivity index (χ0) is 12.8. The summed E-state index contributed by atoms with van der Waals surface area (Å²) in [5.74, 6) is -0.468. The van der Waals surface area contributed by atoms with Gasteiger partial charge in [0.15, 0.2) is 0 Å². The third-order valence-electron chi connectivity index (χ3n) is 2.84. The van der Waals surface area contributed by atoms with Crippen molar-refractivity contribution in [3.05, 3.63) is 0 Å². The van der Waals surface area contributed by atoms with Gasteiger partial charge in [-0.15, -0.1) is 0 Å². The summed E-state index contributed by atoms with van der Waals surface area (Å²) in [7, 11) is 1.57. The van der Waals surface area contributed by atoms with E-state index in [1.54, 1.807) is 7.05 Å². The standard InChI is InChI=1S/C11H19N3O3/c1-3-8-11(17)14(10(16)7-13-8)6-4-5-9(15)12-2/h8,13H,3-7H2,1-2H3,(H,12,15). The van der Waals surface area contributed by atoms with Crippen LogP contribution in [0.4, 0.5) is 0 Å². The summed E-state index contributed by atoms with van der Waals surface area (Å²) >= 11 is 0. The van der Waals surface area contributed by atoms with E-state index in [1.807, 2.05) is 6.92 Å². The molecule has 0 bridgehead atoms. The fourth-order valence-electron chi connectivity index (χ4n) is 1.78. The maximum absolute atomic E-state index is 11.9. The molecule has 0 saturated carbocycles. The Labute approximate surface area is 101 Å². The van der Waals surface area contributed by atoms with Crippen LogP contribution in [0.1, 0.15) is 26.2 Å². The van der Waals surface area contributed by atoms with Crippen molar-refractivity contribution in [1.29, 1.82) is 0 Å². The first-order valence-corrected chi connectivity index (χ1v) is 5.88. The number of hydrogen-bond donors (Lipinski definition) is 2. The molecular formula is C11H19N3O3. The summed E-state index contributed by atoms with van der Waals surface area (Å²) in [6.07, 6.45) is 1.50. The van der Waals surface area contributed by atoms with Crippen molar-refractivity contribution in [3.8, 4) is 0 Å². The van der Waals surface area contributed by atoms with Crippen LogP contribution in [0.3, 0.4) is 0 Å². The average Bonchev–Trinajstić information content (AvgIpc) is 2.33. The van der Waals surface area contributed by atoms with Gasteiger partial charge < -0.3 is 5.32 Å². The van der Waals surface area contributed by atoms with Gasteiger partial charge >= 0.3 is 0 Å². The third kappa shape index (κ3) is 3.52. The summed E-state index contributed by atoms with van der Waals surface area (Å²) in [4.78, 5) is 35.7. The number of carbonyl (C=O) groups excluding carboxylic acids is 3. The molecule has 0 aromatic carbocycles. The van der Waals surface area contributed by atoms with Gasteiger partial charge in [0.1, 0.15) is 0 Å². The first-order chi connectivity index (χ1) is 8.10. The van der Waals surface area contributed by atoms with Crippen molar-refractivity contribution in [2.45, 2.75) is 32.2 Å². The molecule has 2 N–H and O–H groups in total. The monoisotopic (exact) mass is 241 g/mol. The number of carbonyl (C=O) groups is 3. The molecule has 1 aliphatic heterocycles. The maximum atomic E-state index is 11.9. The molecular weight excluding hydrogens is 222 g/mol. The fourth-order valence-corrected chi connectivity index (χ4v) is 1.78. The zero-order valence-electron chi connectivity index (χ0n) is 10.3. The smallest absolute Gasteiger partial charge is 0.246 e. The van der Waals surface area contributed by atoms with Crippen LogP contribution in [-0.4, -0.2) is 48.8 Å². The summed E-state index contributed by atoms with van der Waals surface area (Å²) < 4.78 is 0. The van der Waals surface area contributed by atoms with E-state index in [9.17, 15) is 14.4 Å². The van der Waals surface area contributed by atoms with E-state index >= 15 is 0 Å². The molecule has 1 unspecified atom stereocenters. The predicted octanol–water partition coefficient (Wildman–Crippen LogP) is -0.750. The third-order valence-corrected chi connectivity index (χ3v) is 2.84. The van der Waals surface area contributed by atoms with Crippen molar-refractivity contribution < 1.29 is 14.4 Å². The summed E-state index contributed by atoms with van der Waals surface area (Å²) in [6.45, 7) is 2.42. The van der Waals surface area contributed by atoms with Crippen molar-refractivity contribution >= 4 is 17.7 Å². The molecule has 1 saturated heterocycles. The van der Waals surface area contributed by atoms with Gasteiger partial charge in [-0.25, -0.2) is 0 Å². The zero-order valence-corrected chi connectivity index (χ0v) is 10.3. The number of nitrogens with one attached hydrogen (secondary N) is 2. The van der Waals surface area contributed by atoms with E-state index in [-0.39, 0.29) is 30.3 Å². The summed E-state index contributed by atoms with van der Waals surface area (Å²) in [5, 5.41) is 5.39. The van der Waals surface area contributed by atoms with E-state index in [2.05, 4.69) is 10.6 Å². The Balaban J connectivity index is 2.46. The van der Waals surface area contributed by atoms with Crippen LogP contribution in [0.25, 0.3) is 0 Å². The first-order valence-electron chi connectivity index (χ1n) is 5.88. The largest absolute Gasteiger partial charge is 0.359 e. The molecule has 6 heteroatoms. The second-order valence-corrected chi connectivity index (χ2v) is 4.00. The van der Waals surface area contributed by atoms with Gasteiger partial charge in [0.2, 0.25) is 17.7 Å². The predicted molar refractivity (Wildman–Crippen MR) is 62.1 cm³/mol. The van der Waals surface area contributed by atoms with Gasteiger partial charge in [-0.05, 0) is 12.8 Å². The molecule has 1 heterocycles. The van der Waals surface area contributed by atoms with Crippen LogP contribution in [-0.2, 0) is 14.4 Å². The Bertz CT molecular complexity index is 317. The second-order valence-electron chi connectivity index (χ2n) is 4.00. The highest BCUT2D eigenvalue weighted by atomic mass is 16.2. The van der Waals surface area contributed by atoms with E-state index in [1.165, 1.54) is 4.90 Å². The van der Waals surface area contributed by atoms with Crippen molar-refractivity contribution in [1.82, 2.24) is 15.5 Å². The topological polar surface area (TPSA) is 78.5 Å². The molecule has 1 fully saturated rings. The molecule has 96 valence electrons. The molecule has 1 rings (SSSR count). The highest BCUT2D eigenvalue weighted by Crippen LogP contribution is 2.07. The van der Waals surface area contributed by atoms with Gasteiger partial charge in [-0.3, -0.25) is 24.6 Å². The number of rotatable bonds is 5. The molecule has 0 spiro atoms. The molecule has 3 amide bonds. The Hall–Kier alpha value is -1.43. The SMILES string of the molecule is CCC1NCC(=O)N(CCCC(=O)NC)C1=O. The minimum absolute atomic E-state index is 0.0768. The van der Waals surface area contributed by atoms with E-state index in [0.717, 1.165) is 0 Å². The maximum Gasteiger partial charge on any atom is 0.246 e. The van der Waals surface area contributed by atoms with Gasteiger partial charge in [0.25, 0.3) is 0 Å². The molecule has 0 aliphatic carbocycles. The van der Waals surface area contributed by atoms with E-state index < -0.39 is 0 Å². The number of amides is 3. The minimum atomic E-state index is -0.271. The Morgan fingerprint density at radius 2 is 2.24 bits per heavy atom. The lowest BCUT2D eigenvalue weighted by atomic mass is 10.1. The molecule has 6 nitrogen and oxygen atoms in total. The number of imide groups is 1. The molecule has 0 aromatic heterocycles. The van der Waals surface area contributed by atoms with Crippen molar-refractivity contribution in [3.63, 3.8) is 0 Å². The van der Waals surface area contributed by atoms with Gasteiger partial charge in [0.05, 0.1) is 12.6 Å². The quantitative estimate of drug-likeness (QED) is 0.621. The Kier molecular flexibility index (Phi) is 5.09. The lowest BCUT2D eigenvalue weighted by Crippen LogP contribution is -2.58. The van der Waals surface area contributed by atoms with Gasteiger partial charge in [0, 0.05) is 20.0 Å². The Morgan fingerprint density at radius 1 is 1.53 bits per heavy atom. The number of hydrogen-bond acceptors (Lipinski definition) is 4. The molecule has 17 heavy (non-hydrogen) atoms. The molecule has 1 aliphatic rings.